The fourth-order valence-electron chi connectivity index (χ4n) is 7.61. The minimum Gasteiger partial charge on any atom is -0.506 e. The highest BCUT2D eigenvalue weighted by atomic mass is 16.5. The number of fused-ring (bicyclic) bond motifs is 3. The van der Waals surface area contributed by atoms with E-state index in [0.717, 1.165) is 29.6 Å². The van der Waals surface area contributed by atoms with Gasteiger partial charge in [0.25, 0.3) is 0 Å². The monoisotopic (exact) mass is 609 g/mol. The van der Waals surface area contributed by atoms with E-state index in [4.69, 9.17) is 9.73 Å². The molecule has 7 rings (SSSR count). The van der Waals surface area contributed by atoms with Crippen LogP contribution in [0.3, 0.4) is 0 Å². The van der Waals surface area contributed by atoms with Crippen molar-refractivity contribution in [3.05, 3.63) is 125 Å². The van der Waals surface area contributed by atoms with Gasteiger partial charge in [0.15, 0.2) is 0 Å². The third-order valence-electron chi connectivity index (χ3n) is 9.72. The van der Waals surface area contributed by atoms with E-state index in [2.05, 4.69) is 106 Å². The summed E-state index contributed by atoms with van der Waals surface area (Å²) in [6, 6.07) is 33.4. The summed E-state index contributed by atoms with van der Waals surface area (Å²) >= 11 is 0. The number of para-hydroxylation sites is 2. The third-order valence-corrected chi connectivity index (χ3v) is 9.72. The van der Waals surface area contributed by atoms with Gasteiger partial charge in [0.1, 0.15) is 22.9 Å². The van der Waals surface area contributed by atoms with E-state index in [1.165, 1.54) is 27.9 Å². The fourth-order valence-corrected chi connectivity index (χ4v) is 7.61. The predicted molar refractivity (Wildman–Crippen MR) is 189 cm³/mol. The summed E-state index contributed by atoms with van der Waals surface area (Å²) in [5.74, 6) is 2.95. The Labute approximate surface area is 272 Å². The molecule has 0 bridgehead atoms. The van der Waals surface area contributed by atoms with E-state index in [9.17, 15) is 5.11 Å². The molecule has 0 fully saturated rings. The van der Waals surface area contributed by atoms with Crippen molar-refractivity contribution in [1.82, 2.24) is 4.98 Å². The number of aromatic nitrogens is 1. The SMILES string of the molecule is CC(C)c1cccc(C(C)C)c1N1C(c2cccc(Oc3ccc4cccc(O)c4n3)c2)=N[C@H]2Cc3ccccc3CC(C)(C)[C@H]21. The number of aliphatic imine (C=N–C) groups is 1. The van der Waals surface area contributed by atoms with Crippen molar-refractivity contribution < 1.29 is 9.84 Å². The Morgan fingerprint density at radius 2 is 1.50 bits per heavy atom. The number of pyridine rings is 1. The van der Waals surface area contributed by atoms with Crippen molar-refractivity contribution in [2.75, 3.05) is 4.90 Å². The van der Waals surface area contributed by atoms with Crippen molar-refractivity contribution in [1.29, 1.82) is 0 Å². The van der Waals surface area contributed by atoms with Crippen LogP contribution >= 0.6 is 0 Å². The third kappa shape index (κ3) is 5.32. The first-order chi connectivity index (χ1) is 22.1. The zero-order chi connectivity index (χ0) is 32.2. The molecule has 5 nitrogen and oxygen atoms in total. The van der Waals surface area contributed by atoms with E-state index in [1.54, 1.807) is 6.07 Å². The molecule has 1 N–H and O–H groups in total. The zero-order valence-electron chi connectivity index (χ0n) is 27.7. The molecule has 1 aromatic heterocycles. The molecule has 4 aromatic carbocycles. The molecule has 1 aliphatic heterocycles. The number of phenolic OH excluding ortho intramolecular Hbond substituents is 1. The molecule has 234 valence electrons. The maximum absolute atomic E-state index is 10.4. The summed E-state index contributed by atoms with van der Waals surface area (Å²) in [6.45, 7) is 14.0. The number of anilines is 1. The molecule has 46 heavy (non-hydrogen) atoms. The lowest BCUT2D eigenvalue weighted by atomic mass is 9.76. The zero-order valence-corrected chi connectivity index (χ0v) is 27.7. The van der Waals surface area contributed by atoms with Gasteiger partial charge in [-0.05, 0) is 76.6 Å². The van der Waals surface area contributed by atoms with Crippen LogP contribution < -0.4 is 9.64 Å². The van der Waals surface area contributed by atoms with Gasteiger partial charge < -0.3 is 14.7 Å². The highest BCUT2D eigenvalue weighted by molar-refractivity contribution is 6.13. The number of hydrogen-bond donors (Lipinski definition) is 1. The number of aromatic hydroxyl groups is 1. The number of hydrogen-bond acceptors (Lipinski definition) is 5. The predicted octanol–water partition coefficient (Wildman–Crippen LogP) is 9.81. The molecule has 0 spiro atoms. The van der Waals surface area contributed by atoms with Gasteiger partial charge in [-0.15, -0.1) is 0 Å². The molecule has 2 aliphatic rings. The molecule has 0 saturated heterocycles. The van der Waals surface area contributed by atoms with Crippen LogP contribution in [0.5, 0.6) is 17.4 Å². The molecule has 0 amide bonds. The minimum absolute atomic E-state index is 0.0496. The number of ether oxygens (including phenoxy) is 1. The van der Waals surface area contributed by atoms with E-state index < -0.39 is 0 Å². The van der Waals surface area contributed by atoms with E-state index in [0.29, 0.717) is 29.0 Å². The van der Waals surface area contributed by atoms with Crippen LogP contribution in [0.2, 0.25) is 0 Å². The minimum atomic E-state index is -0.0496. The second kappa shape index (κ2) is 11.6. The van der Waals surface area contributed by atoms with Gasteiger partial charge >= 0.3 is 0 Å². The van der Waals surface area contributed by atoms with Crippen LogP contribution in [0.15, 0.2) is 102 Å². The molecule has 0 saturated carbocycles. The van der Waals surface area contributed by atoms with Crippen LogP contribution in [-0.2, 0) is 12.8 Å². The average molecular weight is 610 g/mol. The van der Waals surface area contributed by atoms with E-state index >= 15 is 0 Å². The molecule has 5 aromatic rings. The van der Waals surface area contributed by atoms with E-state index in [1.807, 2.05) is 36.4 Å². The largest absolute Gasteiger partial charge is 0.506 e. The van der Waals surface area contributed by atoms with Crippen molar-refractivity contribution in [3.8, 4) is 17.4 Å². The van der Waals surface area contributed by atoms with Crippen molar-refractivity contribution in [2.45, 2.75) is 78.3 Å². The standard InChI is InChI=1S/C41H43N3O2/c1-25(2)32-17-11-18-33(26(3)4)38(32)44-39-34(23-28-12-7-8-13-30(28)24-41(39,5)6)42-40(44)29-15-9-16-31(22-29)46-36-21-20-27-14-10-19-35(45)37(27)43-36/h7-22,25-26,34,39,45H,23-24H2,1-6H3/t34-,39-/m0/s1. The van der Waals surface area contributed by atoms with Gasteiger partial charge in [0.05, 0.1) is 12.1 Å². The Bertz CT molecular complexity index is 1930. The Morgan fingerprint density at radius 1 is 0.804 bits per heavy atom. The highest BCUT2D eigenvalue weighted by Crippen LogP contribution is 2.47. The number of rotatable bonds is 6. The van der Waals surface area contributed by atoms with Crippen LogP contribution in [-0.4, -0.2) is 28.0 Å². The molecule has 2 heterocycles. The summed E-state index contributed by atoms with van der Waals surface area (Å²) in [6.07, 6.45) is 1.90. The first-order valence-electron chi connectivity index (χ1n) is 16.5. The number of amidine groups is 1. The lowest BCUT2D eigenvalue weighted by Gasteiger charge is -2.43. The van der Waals surface area contributed by atoms with Gasteiger partial charge in [-0.3, -0.25) is 4.99 Å². The number of nitrogens with zero attached hydrogens (tertiary/aromatic N) is 3. The van der Waals surface area contributed by atoms with Gasteiger partial charge in [0.2, 0.25) is 5.88 Å². The summed E-state index contributed by atoms with van der Waals surface area (Å²) in [5, 5.41) is 11.3. The first-order valence-corrected chi connectivity index (χ1v) is 16.5. The van der Waals surface area contributed by atoms with Crippen LogP contribution in [0.25, 0.3) is 10.9 Å². The number of phenols is 1. The lowest BCUT2D eigenvalue weighted by molar-refractivity contribution is 0.270. The first kappa shape index (κ1) is 30.0. The van der Waals surface area contributed by atoms with Crippen molar-refractivity contribution in [2.24, 2.45) is 10.4 Å². The summed E-state index contributed by atoms with van der Waals surface area (Å²) in [5.41, 5.74) is 8.33. The quantitative estimate of drug-likeness (QED) is 0.208. The summed E-state index contributed by atoms with van der Waals surface area (Å²) in [7, 11) is 0. The second-order valence-corrected chi connectivity index (χ2v) is 14.2. The molecular weight excluding hydrogens is 566 g/mol. The van der Waals surface area contributed by atoms with Crippen LogP contribution in [0.1, 0.15) is 81.2 Å². The maximum Gasteiger partial charge on any atom is 0.219 e. The Hall–Kier alpha value is -4.64. The Morgan fingerprint density at radius 3 is 2.24 bits per heavy atom. The molecule has 5 heteroatoms. The van der Waals surface area contributed by atoms with Crippen molar-refractivity contribution >= 4 is 22.4 Å². The van der Waals surface area contributed by atoms with E-state index in [-0.39, 0.29) is 23.2 Å². The number of benzene rings is 4. The molecule has 0 unspecified atom stereocenters. The smallest absolute Gasteiger partial charge is 0.219 e. The molecule has 2 atom stereocenters. The molecule has 1 aliphatic carbocycles. The maximum atomic E-state index is 10.4. The fraction of sp³-hybridized carbons (Fsp3) is 0.317. The summed E-state index contributed by atoms with van der Waals surface area (Å²) in [4.78, 5) is 12.9. The second-order valence-electron chi connectivity index (χ2n) is 14.2. The van der Waals surface area contributed by atoms with Gasteiger partial charge in [-0.25, -0.2) is 4.98 Å². The summed E-state index contributed by atoms with van der Waals surface area (Å²) < 4.78 is 6.34. The van der Waals surface area contributed by atoms with Gasteiger partial charge in [-0.2, -0.15) is 0 Å². The highest BCUT2D eigenvalue weighted by Gasteiger charge is 2.49. The molecule has 0 radical (unpaired) electrons. The van der Waals surface area contributed by atoms with Crippen LogP contribution in [0, 0.1) is 5.41 Å². The Balaban J connectivity index is 1.37. The van der Waals surface area contributed by atoms with Crippen LogP contribution in [0.4, 0.5) is 5.69 Å². The topological polar surface area (TPSA) is 58.0 Å². The van der Waals surface area contributed by atoms with Gasteiger partial charge in [-0.1, -0.05) is 108 Å². The Kier molecular flexibility index (Phi) is 7.59. The normalized spacial score (nSPS) is 18.8. The lowest BCUT2D eigenvalue weighted by Crippen LogP contribution is -2.51. The van der Waals surface area contributed by atoms with Crippen molar-refractivity contribution in [3.63, 3.8) is 0 Å². The van der Waals surface area contributed by atoms with Gasteiger partial charge in [0, 0.05) is 22.7 Å². The molecular formula is C41H43N3O2. The average Bonchev–Trinajstić information content (AvgIpc) is 3.37.